The van der Waals surface area contributed by atoms with E-state index >= 15 is 0 Å². The zero-order chi connectivity index (χ0) is 20.1. The number of benzene rings is 2. The van der Waals surface area contributed by atoms with Gasteiger partial charge in [0.15, 0.2) is 5.69 Å². The molecule has 6 heteroatoms. The average Bonchev–Trinajstić information content (AvgIpc) is 2.76. The summed E-state index contributed by atoms with van der Waals surface area (Å²) in [7, 11) is 2.16. The van der Waals surface area contributed by atoms with Crippen LogP contribution in [0.4, 0.5) is 28.4 Å². The molecule has 1 aliphatic rings. The number of nitrogens with zero attached hydrogens (tertiary/aromatic N) is 4. The highest BCUT2D eigenvalue weighted by Gasteiger charge is 2.14. The minimum Gasteiger partial charge on any atom is -0.369 e. The van der Waals surface area contributed by atoms with E-state index in [1.165, 1.54) is 5.69 Å². The number of nitriles is 1. The Hall–Kier alpha value is -3.56. The van der Waals surface area contributed by atoms with Crippen LogP contribution in [0.1, 0.15) is 5.69 Å². The molecule has 4 rings (SSSR count). The number of likely N-dealkylation sites (N-methyl/N-ethyl adjacent to an activating group) is 1. The Bertz CT molecular complexity index is 986. The van der Waals surface area contributed by atoms with Gasteiger partial charge in [-0.2, -0.15) is 5.26 Å². The Morgan fingerprint density at radius 3 is 2.24 bits per heavy atom. The summed E-state index contributed by atoms with van der Waals surface area (Å²) in [6.45, 7) is 4.24. The van der Waals surface area contributed by atoms with Crippen LogP contribution in [-0.4, -0.2) is 43.1 Å². The van der Waals surface area contributed by atoms with Crippen molar-refractivity contribution in [3.05, 3.63) is 72.6 Å². The molecule has 0 amide bonds. The van der Waals surface area contributed by atoms with E-state index in [4.69, 9.17) is 0 Å². The van der Waals surface area contributed by atoms with Crippen molar-refractivity contribution in [1.29, 1.82) is 5.26 Å². The molecule has 0 bridgehead atoms. The van der Waals surface area contributed by atoms with E-state index in [2.05, 4.69) is 50.7 Å². The van der Waals surface area contributed by atoms with Crippen LogP contribution in [0.5, 0.6) is 0 Å². The SMILES string of the molecule is CN1CCN(c2ccc(Nc3cc(Nc4ccccc4)cnc3C#N)cc2)CC1. The number of rotatable bonds is 5. The van der Waals surface area contributed by atoms with Crippen molar-refractivity contribution in [1.82, 2.24) is 9.88 Å². The number of aromatic nitrogens is 1. The zero-order valence-corrected chi connectivity index (χ0v) is 16.5. The molecule has 0 atom stereocenters. The van der Waals surface area contributed by atoms with Crippen molar-refractivity contribution < 1.29 is 0 Å². The van der Waals surface area contributed by atoms with Crippen LogP contribution >= 0.6 is 0 Å². The minimum absolute atomic E-state index is 0.367. The van der Waals surface area contributed by atoms with Crippen molar-refractivity contribution in [2.24, 2.45) is 0 Å². The Balaban J connectivity index is 1.49. The lowest BCUT2D eigenvalue weighted by Gasteiger charge is -2.34. The van der Waals surface area contributed by atoms with E-state index in [1.54, 1.807) is 6.20 Å². The summed E-state index contributed by atoms with van der Waals surface area (Å²) < 4.78 is 0. The molecule has 0 aliphatic carbocycles. The number of hydrogen-bond acceptors (Lipinski definition) is 6. The van der Waals surface area contributed by atoms with E-state index in [0.29, 0.717) is 11.4 Å². The molecule has 1 aromatic heterocycles. The monoisotopic (exact) mass is 384 g/mol. The predicted molar refractivity (Wildman–Crippen MR) is 118 cm³/mol. The van der Waals surface area contributed by atoms with Gasteiger partial charge in [-0.3, -0.25) is 0 Å². The third-order valence-electron chi connectivity index (χ3n) is 5.07. The molecule has 0 saturated carbocycles. The van der Waals surface area contributed by atoms with Gasteiger partial charge < -0.3 is 20.4 Å². The average molecular weight is 384 g/mol. The molecule has 1 fully saturated rings. The molecule has 2 aromatic carbocycles. The molecule has 0 radical (unpaired) electrons. The number of anilines is 5. The molecule has 0 unspecified atom stereocenters. The molecular weight excluding hydrogens is 360 g/mol. The van der Waals surface area contributed by atoms with Gasteiger partial charge in [-0.1, -0.05) is 18.2 Å². The second-order valence-electron chi connectivity index (χ2n) is 7.19. The maximum atomic E-state index is 9.43. The topological polar surface area (TPSA) is 67.2 Å². The molecule has 3 aromatic rings. The second-order valence-corrected chi connectivity index (χ2v) is 7.19. The third-order valence-corrected chi connectivity index (χ3v) is 5.07. The van der Waals surface area contributed by atoms with E-state index in [9.17, 15) is 5.26 Å². The van der Waals surface area contributed by atoms with Crippen molar-refractivity contribution in [2.75, 3.05) is 48.8 Å². The molecule has 6 nitrogen and oxygen atoms in total. The van der Waals surface area contributed by atoms with Gasteiger partial charge in [-0.05, 0) is 49.5 Å². The summed E-state index contributed by atoms with van der Waals surface area (Å²) in [5, 5.41) is 16.1. The maximum absolute atomic E-state index is 9.43. The highest BCUT2D eigenvalue weighted by molar-refractivity contribution is 5.71. The molecular formula is C23H24N6. The Labute approximate surface area is 171 Å². The van der Waals surface area contributed by atoms with Crippen LogP contribution in [0, 0.1) is 11.3 Å². The van der Waals surface area contributed by atoms with E-state index in [0.717, 1.165) is 43.2 Å². The lowest BCUT2D eigenvalue weighted by molar-refractivity contribution is 0.313. The van der Waals surface area contributed by atoms with Crippen molar-refractivity contribution in [3.8, 4) is 6.07 Å². The molecule has 29 heavy (non-hydrogen) atoms. The lowest BCUT2D eigenvalue weighted by Crippen LogP contribution is -2.44. The second kappa shape index (κ2) is 8.63. The van der Waals surface area contributed by atoms with Crippen molar-refractivity contribution in [2.45, 2.75) is 0 Å². The van der Waals surface area contributed by atoms with Gasteiger partial charge in [0.25, 0.3) is 0 Å². The van der Waals surface area contributed by atoms with Crippen molar-refractivity contribution in [3.63, 3.8) is 0 Å². The fourth-order valence-electron chi connectivity index (χ4n) is 3.38. The number of para-hydroxylation sites is 1. The Morgan fingerprint density at radius 2 is 1.55 bits per heavy atom. The van der Waals surface area contributed by atoms with Crippen LogP contribution in [0.2, 0.25) is 0 Å². The molecule has 2 heterocycles. The Kier molecular flexibility index (Phi) is 5.59. The van der Waals surface area contributed by atoms with Crippen molar-refractivity contribution >= 4 is 28.4 Å². The van der Waals surface area contributed by atoms with E-state index in [1.807, 2.05) is 48.5 Å². The molecule has 1 saturated heterocycles. The number of piperazine rings is 1. The molecule has 2 N–H and O–H groups in total. The number of pyridine rings is 1. The predicted octanol–water partition coefficient (Wildman–Crippen LogP) is 4.19. The van der Waals surface area contributed by atoms with Gasteiger partial charge >= 0.3 is 0 Å². The summed E-state index contributed by atoms with van der Waals surface area (Å²) in [6.07, 6.45) is 1.67. The maximum Gasteiger partial charge on any atom is 0.164 e. The van der Waals surface area contributed by atoms with Crippen LogP contribution in [0.25, 0.3) is 0 Å². The number of hydrogen-bond donors (Lipinski definition) is 2. The summed E-state index contributed by atoms with van der Waals surface area (Å²) >= 11 is 0. The van der Waals surface area contributed by atoms with Crippen LogP contribution in [0.15, 0.2) is 66.9 Å². The van der Waals surface area contributed by atoms with Crippen LogP contribution in [-0.2, 0) is 0 Å². The van der Waals surface area contributed by atoms with E-state index < -0.39 is 0 Å². The Morgan fingerprint density at radius 1 is 0.862 bits per heavy atom. The molecule has 146 valence electrons. The van der Waals surface area contributed by atoms with Gasteiger partial charge in [0.2, 0.25) is 0 Å². The first-order chi connectivity index (χ1) is 14.2. The van der Waals surface area contributed by atoms with Gasteiger partial charge in [-0.25, -0.2) is 4.98 Å². The van der Waals surface area contributed by atoms with Gasteiger partial charge in [0.1, 0.15) is 6.07 Å². The van der Waals surface area contributed by atoms with Crippen LogP contribution < -0.4 is 15.5 Å². The summed E-state index contributed by atoms with van der Waals surface area (Å²) in [5.74, 6) is 0. The largest absolute Gasteiger partial charge is 0.369 e. The minimum atomic E-state index is 0.367. The number of nitrogens with one attached hydrogen (secondary N) is 2. The highest BCUT2D eigenvalue weighted by Crippen LogP contribution is 2.26. The third kappa shape index (κ3) is 4.65. The lowest BCUT2D eigenvalue weighted by atomic mass is 10.2. The summed E-state index contributed by atoms with van der Waals surface area (Å²) in [6, 6.07) is 22.3. The standard InChI is InChI=1S/C23H24N6/c1-28-11-13-29(14-12-28)21-9-7-19(8-10-21)27-22-15-20(17-25-23(22)16-24)26-18-5-3-2-4-6-18/h2-10,15,17,26-27H,11-14H2,1H3. The first kappa shape index (κ1) is 18.8. The molecule has 0 spiro atoms. The summed E-state index contributed by atoms with van der Waals surface area (Å²) in [4.78, 5) is 9.03. The van der Waals surface area contributed by atoms with Gasteiger partial charge in [-0.15, -0.1) is 0 Å². The first-order valence-corrected chi connectivity index (χ1v) is 9.74. The van der Waals surface area contributed by atoms with Gasteiger partial charge in [0.05, 0.1) is 17.6 Å². The quantitative estimate of drug-likeness (QED) is 0.687. The zero-order valence-electron chi connectivity index (χ0n) is 16.5. The fraction of sp³-hybridized carbons (Fsp3) is 0.217. The van der Waals surface area contributed by atoms with E-state index in [-0.39, 0.29) is 0 Å². The smallest absolute Gasteiger partial charge is 0.164 e. The van der Waals surface area contributed by atoms with Gasteiger partial charge in [0, 0.05) is 43.2 Å². The molecule has 1 aliphatic heterocycles. The first-order valence-electron chi connectivity index (χ1n) is 9.74. The summed E-state index contributed by atoms with van der Waals surface area (Å²) in [5.41, 5.74) is 5.00. The fourth-order valence-corrected chi connectivity index (χ4v) is 3.38. The highest BCUT2D eigenvalue weighted by atomic mass is 15.2. The van der Waals surface area contributed by atoms with Crippen LogP contribution in [0.3, 0.4) is 0 Å². The normalized spacial score (nSPS) is 14.3.